The highest BCUT2D eigenvalue weighted by atomic mass is 32.2. The van der Waals surface area contributed by atoms with Crippen molar-refractivity contribution in [3.05, 3.63) is 42.5 Å². The monoisotopic (exact) mass is 302 g/mol. The van der Waals surface area contributed by atoms with Gasteiger partial charge in [0.05, 0.1) is 11.0 Å². The Labute approximate surface area is 125 Å². The van der Waals surface area contributed by atoms with Gasteiger partial charge in [0.25, 0.3) is 0 Å². The fourth-order valence-electron chi connectivity index (χ4n) is 2.26. The summed E-state index contributed by atoms with van der Waals surface area (Å²) in [4.78, 5) is 0.270. The van der Waals surface area contributed by atoms with Gasteiger partial charge in [0, 0.05) is 11.9 Å². The van der Waals surface area contributed by atoms with Crippen LogP contribution in [-0.2, 0) is 10.0 Å². The van der Waals surface area contributed by atoms with Crippen molar-refractivity contribution in [3.63, 3.8) is 0 Å². The van der Waals surface area contributed by atoms with Crippen LogP contribution in [0.1, 0.15) is 19.8 Å². The van der Waals surface area contributed by atoms with Crippen molar-refractivity contribution >= 4 is 20.8 Å². The molecule has 0 saturated heterocycles. The summed E-state index contributed by atoms with van der Waals surface area (Å²) in [6.45, 7) is 2.25. The van der Waals surface area contributed by atoms with Crippen LogP contribution in [0, 0.1) is 11.3 Å². The van der Waals surface area contributed by atoms with Gasteiger partial charge in [-0.3, -0.25) is 0 Å². The molecule has 0 aliphatic rings. The fourth-order valence-corrected chi connectivity index (χ4v) is 3.85. The second-order valence-electron chi connectivity index (χ2n) is 4.83. The Balaban J connectivity index is 2.52. The first-order chi connectivity index (χ1) is 10.1. The van der Waals surface area contributed by atoms with Crippen molar-refractivity contribution < 1.29 is 8.42 Å². The predicted octanol–water partition coefficient (Wildman–Crippen LogP) is 3.15. The lowest BCUT2D eigenvalue weighted by Crippen LogP contribution is -2.32. The van der Waals surface area contributed by atoms with Gasteiger partial charge in [-0.2, -0.15) is 9.57 Å². The van der Waals surface area contributed by atoms with Crippen LogP contribution >= 0.6 is 0 Å². The lowest BCUT2D eigenvalue weighted by atomic mass is 10.1. The molecule has 0 atom stereocenters. The third-order valence-corrected chi connectivity index (χ3v) is 5.28. The Kier molecular flexibility index (Phi) is 4.94. The lowest BCUT2D eigenvalue weighted by Gasteiger charge is -2.20. The van der Waals surface area contributed by atoms with Crippen molar-refractivity contribution in [1.29, 1.82) is 5.26 Å². The minimum atomic E-state index is -3.65. The van der Waals surface area contributed by atoms with Crippen LogP contribution < -0.4 is 0 Å². The quantitative estimate of drug-likeness (QED) is 0.770. The summed E-state index contributed by atoms with van der Waals surface area (Å²) in [5, 5.41) is 10.5. The van der Waals surface area contributed by atoms with Crippen LogP contribution in [-0.4, -0.2) is 25.8 Å². The van der Waals surface area contributed by atoms with Crippen LogP contribution in [0.5, 0.6) is 0 Å². The van der Waals surface area contributed by atoms with Gasteiger partial charge in [0.15, 0.2) is 0 Å². The molecule has 2 rings (SSSR count). The summed E-state index contributed by atoms with van der Waals surface area (Å²) < 4.78 is 26.9. The number of fused-ring (bicyclic) bond motifs is 1. The van der Waals surface area contributed by atoms with Gasteiger partial charge in [-0.05, 0) is 17.9 Å². The topological polar surface area (TPSA) is 61.2 Å². The number of nitrogens with zero attached hydrogens (tertiary/aromatic N) is 2. The van der Waals surface area contributed by atoms with Gasteiger partial charge >= 0.3 is 0 Å². The number of benzene rings is 2. The van der Waals surface area contributed by atoms with E-state index in [1.54, 1.807) is 18.2 Å². The predicted molar refractivity (Wildman–Crippen MR) is 83.2 cm³/mol. The summed E-state index contributed by atoms with van der Waals surface area (Å²) in [7, 11) is -3.65. The molecule has 0 bridgehead atoms. The van der Waals surface area contributed by atoms with Crippen LogP contribution in [0.15, 0.2) is 47.4 Å². The second-order valence-corrected chi connectivity index (χ2v) is 6.73. The summed E-state index contributed by atoms with van der Waals surface area (Å²) in [5.41, 5.74) is 0. The molecule has 0 aromatic heterocycles. The van der Waals surface area contributed by atoms with E-state index in [0.29, 0.717) is 11.9 Å². The largest absolute Gasteiger partial charge is 0.244 e. The van der Waals surface area contributed by atoms with E-state index in [4.69, 9.17) is 5.26 Å². The molecule has 5 heteroatoms. The maximum Gasteiger partial charge on any atom is 0.244 e. The van der Waals surface area contributed by atoms with Gasteiger partial charge < -0.3 is 0 Å². The average Bonchev–Trinajstić information content (AvgIpc) is 2.50. The molecule has 0 amide bonds. The third kappa shape index (κ3) is 3.23. The summed E-state index contributed by atoms with van der Waals surface area (Å²) in [5.74, 6) is 0. The summed E-state index contributed by atoms with van der Waals surface area (Å²) in [6.07, 6.45) is 1.62. The van der Waals surface area contributed by atoms with Crippen LogP contribution in [0.4, 0.5) is 0 Å². The first-order valence-corrected chi connectivity index (χ1v) is 8.40. The summed E-state index contributed by atoms with van der Waals surface area (Å²) >= 11 is 0. The smallest absolute Gasteiger partial charge is 0.207 e. The van der Waals surface area contributed by atoms with Gasteiger partial charge in [-0.1, -0.05) is 49.7 Å². The molecule has 0 saturated carbocycles. The average molecular weight is 302 g/mol. The lowest BCUT2D eigenvalue weighted by molar-refractivity contribution is 0.436. The molecule has 2 aromatic rings. The molecular formula is C16H18N2O2S. The fraction of sp³-hybridized carbons (Fsp3) is 0.312. The highest BCUT2D eigenvalue weighted by Gasteiger charge is 2.25. The van der Waals surface area contributed by atoms with Gasteiger partial charge in [-0.15, -0.1) is 0 Å². The number of hydrogen-bond donors (Lipinski definition) is 0. The van der Waals surface area contributed by atoms with E-state index in [-0.39, 0.29) is 11.4 Å². The third-order valence-electron chi connectivity index (χ3n) is 3.38. The van der Waals surface area contributed by atoms with Crippen molar-refractivity contribution in [2.45, 2.75) is 24.7 Å². The summed E-state index contributed by atoms with van der Waals surface area (Å²) in [6, 6.07) is 14.6. The van der Waals surface area contributed by atoms with E-state index in [2.05, 4.69) is 0 Å². The van der Waals surface area contributed by atoms with E-state index in [0.717, 1.165) is 18.2 Å². The normalized spacial score (nSPS) is 11.7. The van der Waals surface area contributed by atoms with E-state index in [1.807, 2.05) is 37.3 Å². The maximum atomic E-state index is 12.8. The Morgan fingerprint density at radius 1 is 1.14 bits per heavy atom. The first kappa shape index (κ1) is 15.5. The molecule has 0 spiro atoms. The molecule has 110 valence electrons. The number of unbranched alkanes of at least 4 members (excludes halogenated alkanes) is 1. The SMILES string of the molecule is CCCCN(CC#N)S(=O)(=O)c1cccc2ccccc12. The minimum Gasteiger partial charge on any atom is -0.207 e. The van der Waals surface area contributed by atoms with Crippen molar-refractivity contribution in [2.24, 2.45) is 0 Å². The molecule has 0 fully saturated rings. The van der Waals surface area contributed by atoms with Crippen LogP contribution in [0.25, 0.3) is 10.8 Å². The Hall–Kier alpha value is -1.90. The molecule has 0 unspecified atom stereocenters. The van der Waals surface area contributed by atoms with Gasteiger partial charge in [-0.25, -0.2) is 8.42 Å². The first-order valence-electron chi connectivity index (χ1n) is 6.96. The van der Waals surface area contributed by atoms with Gasteiger partial charge in [0.1, 0.15) is 6.54 Å². The van der Waals surface area contributed by atoms with Crippen LogP contribution in [0.3, 0.4) is 0 Å². The standard InChI is InChI=1S/C16H18N2O2S/c1-2-3-12-18(13-11-17)21(19,20)16-10-6-8-14-7-4-5-9-15(14)16/h4-10H,2-3,12-13H2,1H3. The second kappa shape index (κ2) is 6.70. The highest BCUT2D eigenvalue weighted by molar-refractivity contribution is 7.89. The Morgan fingerprint density at radius 2 is 1.86 bits per heavy atom. The molecule has 0 N–H and O–H groups in total. The number of sulfonamides is 1. The van der Waals surface area contributed by atoms with Crippen molar-refractivity contribution in [2.75, 3.05) is 13.1 Å². The van der Waals surface area contributed by atoms with E-state index >= 15 is 0 Å². The molecule has 0 aliphatic heterocycles. The minimum absolute atomic E-state index is 0.119. The molecule has 0 radical (unpaired) electrons. The van der Waals surface area contributed by atoms with E-state index in [1.165, 1.54) is 4.31 Å². The number of nitriles is 1. The zero-order valence-corrected chi connectivity index (χ0v) is 12.8. The van der Waals surface area contributed by atoms with Crippen molar-refractivity contribution in [3.8, 4) is 6.07 Å². The molecular weight excluding hydrogens is 284 g/mol. The van der Waals surface area contributed by atoms with Crippen molar-refractivity contribution in [1.82, 2.24) is 4.31 Å². The Morgan fingerprint density at radius 3 is 2.57 bits per heavy atom. The zero-order valence-electron chi connectivity index (χ0n) is 12.0. The maximum absolute atomic E-state index is 12.8. The molecule has 4 nitrogen and oxygen atoms in total. The van der Waals surface area contributed by atoms with Gasteiger partial charge in [0.2, 0.25) is 10.0 Å². The van der Waals surface area contributed by atoms with E-state index < -0.39 is 10.0 Å². The zero-order chi connectivity index (χ0) is 15.3. The van der Waals surface area contributed by atoms with Crippen LogP contribution in [0.2, 0.25) is 0 Å². The number of rotatable bonds is 6. The highest BCUT2D eigenvalue weighted by Crippen LogP contribution is 2.25. The molecule has 2 aromatic carbocycles. The van der Waals surface area contributed by atoms with E-state index in [9.17, 15) is 8.42 Å². The molecule has 0 aliphatic carbocycles. The molecule has 0 heterocycles. The Bertz CT molecular complexity index is 758. The molecule has 21 heavy (non-hydrogen) atoms. The number of hydrogen-bond acceptors (Lipinski definition) is 3.